The Morgan fingerprint density at radius 2 is 1.35 bits per heavy atom. The lowest BCUT2D eigenvalue weighted by Crippen LogP contribution is -2.18. The zero-order valence-electron chi connectivity index (χ0n) is 20.1. The van der Waals surface area contributed by atoms with Gasteiger partial charge < -0.3 is 14.2 Å². The molecule has 2 aromatic rings. The van der Waals surface area contributed by atoms with Gasteiger partial charge in [-0.2, -0.15) is 0 Å². The Labute approximate surface area is 192 Å². The molecule has 0 heterocycles. The van der Waals surface area contributed by atoms with E-state index in [0.29, 0.717) is 19.0 Å². The quantitative estimate of drug-likeness (QED) is 0.316. The van der Waals surface area contributed by atoms with E-state index in [4.69, 9.17) is 9.05 Å². The fraction of sp³-hybridized carbons (Fsp3) is 0.520. The molecular weight excluding hydrogens is 427 g/mol. The Bertz CT molecular complexity index is 868. The Morgan fingerprint density at radius 3 is 1.74 bits per heavy atom. The van der Waals surface area contributed by atoms with E-state index in [2.05, 4.69) is 41.5 Å². The SMILES string of the molecule is CCOP(=O)(OCC)C(Sc1ccccc1)c1cc(C(C)(C)C)c(O)c(C(C)(C)C)c1. The molecule has 1 unspecified atom stereocenters. The first-order chi connectivity index (χ1) is 14.3. The van der Waals surface area contributed by atoms with Crippen molar-refractivity contribution in [1.82, 2.24) is 0 Å². The predicted molar refractivity (Wildman–Crippen MR) is 131 cm³/mol. The van der Waals surface area contributed by atoms with Gasteiger partial charge in [0.1, 0.15) is 10.7 Å². The number of benzene rings is 2. The molecule has 0 aliphatic carbocycles. The molecule has 172 valence electrons. The van der Waals surface area contributed by atoms with Gasteiger partial charge >= 0.3 is 7.60 Å². The lowest BCUT2D eigenvalue weighted by Gasteiger charge is -2.31. The van der Waals surface area contributed by atoms with Gasteiger partial charge in [0, 0.05) is 4.90 Å². The topological polar surface area (TPSA) is 55.8 Å². The van der Waals surface area contributed by atoms with Gasteiger partial charge in [-0.3, -0.25) is 4.57 Å². The van der Waals surface area contributed by atoms with Crippen molar-refractivity contribution >= 4 is 19.4 Å². The molecule has 0 spiro atoms. The highest BCUT2D eigenvalue weighted by molar-refractivity contribution is 8.05. The van der Waals surface area contributed by atoms with Gasteiger partial charge in [0.2, 0.25) is 0 Å². The molecule has 4 nitrogen and oxygen atoms in total. The molecule has 2 aromatic carbocycles. The van der Waals surface area contributed by atoms with Crippen LogP contribution in [0.15, 0.2) is 47.4 Å². The summed E-state index contributed by atoms with van der Waals surface area (Å²) in [5, 5.41) is 11.1. The second kappa shape index (κ2) is 10.1. The van der Waals surface area contributed by atoms with Crippen LogP contribution in [0.25, 0.3) is 0 Å². The molecule has 0 amide bonds. The van der Waals surface area contributed by atoms with E-state index in [1.165, 1.54) is 11.8 Å². The van der Waals surface area contributed by atoms with E-state index in [0.717, 1.165) is 21.6 Å². The van der Waals surface area contributed by atoms with Gasteiger partial charge in [-0.1, -0.05) is 59.7 Å². The summed E-state index contributed by atoms with van der Waals surface area (Å²) < 4.78 is 25.6. The monoisotopic (exact) mass is 464 g/mol. The van der Waals surface area contributed by atoms with Crippen LogP contribution >= 0.6 is 19.4 Å². The average molecular weight is 465 g/mol. The molecule has 1 N–H and O–H groups in total. The van der Waals surface area contributed by atoms with Gasteiger partial charge in [0.05, 0.1) is 13.2 Å². The van der Waals surface area contributed by atoms with Crippen molar-refractivity contribution in [2.45, 2.75) is 76.1 Å². The number of rotatable bonds is 8. The average Bonchev–Trinajstić information content (AvgIpc) is 2.66. The van der Waals surface area contributed by atoms with Gasteiger partial charge in [-0.25, -0.2) is 0 Å². The van der Waals surface area contributed by atoms with E-state index in [1.807, 2.05) is 56.3 Å². The van der Waals surface area contributed by atoms with Gasteiger partial charge in [0.25, 0.3) is 0 Å². The summed E-state index contributed by atoms with van der Waals surface area (Å²) in [7, 11) is -3.49. The number of phenolic OH excluding ortho intramolecular Hbond substituents is 1. The number of hydrogen-bond donors (Lipinski definition) is 1. The van der Waals surface area contributed by atoms with Crippen molar-refractivity contribution in [2.24, 2.45) is 0 Å². The smallest absolute Gasteiger partial charge is 0.348 e. The van der Waals surface area contributed by atoms with Crippen molar-refractivity contribution in [3.8, 4) is 5.75 Å². The molecule has 0 aromatic heterocycles. The largest absolute Gasteiger partial charge is 0.507 e. The number of phenols is 1. The lowest BCUT2D eigenvalue weighted by molar-refractivity contribution is 0.218. The van der Waals surface area contributed by atoms with E-state index in [1.54, 1.807) is 0 Å². The summed E-state index contributed by atoms with van der Waals surface area (Å²) >= 11 is 1.48. The maximum absolute atomic E-state index is 14.0. The van der Waals surface area contributed by atoms with Crippen LogP contribution in [0.1, 0.15) is 77.1 Å². The molecule has 0 fully saturated rings. The van der Waals surface area contributed by atoms with E-state index in [-0.39, 0.29) is 10.8 Å². The number of thioether (sulfide) groups is 1. The third-order valence-corrected chi connectivity index (χ3v) is 9.17. The van der Waals surface area contributed by atoms with Crippen LogP contribution in [0.2, 0.25) is 0 Å². The van der Waals surface area contributed by atoms with E-state index in [9.17, 15) is 9.67 Å². The molecule has 0 aliphatic rings. The minimum atomic E-state index is -3.49. The number of aromatic hydroxyl groups is 1. The molecule has 2 rings (SSSR count). The van der Waals surface area contributed by atoms with E-state index < -0.39 is 12.6 Å². The van der Waals surface area contributed by atoms with Crippen LogP contribution in [0.3, 0.4) is 0 Å². The zero-order valence-corrected chi connectivity index (χ0v) is 21.8. The first-order valence-electron chi connectivity index (χ1n) is 10.8. The summed E-state index contributed by atoms with van der Waals surface area (Å²) in [6, 6.07) is 13.8. The van der Waals surface area contributed by atoms with Gasteiger partial charge in [-0.15, -0.1) is 11.8 Å². The van der Waals surface area contributed by atoms with Crippen LogP contribution in [-0.2, 0) is 24.4 Å². The standard InChI is InChI=1S/C25H37O4PS/c1-9-28-30(27,29-10-2)23(31-19-14-12-11-13-15-19)18-16-20(24(3,4)5)22(26)21(17-18)25(6,7)8/h11-17,23,26H,9-10H2,1-8H3. The third kappa shape index (κ3) is 6.38. The minimum absolute atomic E-state index is 0.288. The lowest BCUT2D eigenvalue weighted by atomic mass is 9.78. The maximum Gasteiger partial charge on any atom is 0.348 e. The first-order valence-corrected chi connectivity index (χ1v) is 13.3. The van der Waals surface area contributed by atoms with Crippen molar-refractivity contribution < 1.29 is 18.7 Å². The Balaban J connectivity index is 2.79. The van der Waals surface area contributed by atoms with E-state index >= 15 is 0 Å². The summed E-state index contributed by atoms with van der Waals surface area (Å²) in [6.07, 6.45) is 0. The molecule has 6 heteroatoms. The van der Waals surface area contributed by atoms with Crippen molar-refractivity contribution in [1.29, 1.82) is 0 Å². The van der Waals surface area contributed by atoms with Crippen molar-refractivity contribution in [3.63, 3.8) is 0 Å². The number of hydrogen-bond acceptors (Lipinski definition) is 5. The molecule has 0 saturated heterocycles. The van der Waals surface area contributed by atoms with Gasteiger partial charge in [-0.05, 0) is 65.6 Å². The molecule has 0 saturated carbocycles. The second-order valence-corrected chi connectivity index (χ2v) is 13.3. The van der Waals surface area contributed by atoms with Crippen molar-refractivity contribution in [3.05, 3.63) is 59.2 Å². The summed E-state index contributed by atoms with van der Waals surface area (Å²) in [5.74, 6) is 0.301. The summed E-state index contributed by atoms with van der Waals surface area (Å²) in [4.78, 5) is 0.424. The highest BCUT2D eigenvalue weighted by Gasteiger charge is 2.40. The van der Waals surface area contributed by atoms with Crippen LogP contribution in [0.4, 0.5) is 0 Å². The second-order valence-electron chi connectivity index (χ2n) is 9.62. The molecule has 31 heavy (non-hydrogen) atoms. The van der Waals surface area contributed by atoms with Crippen molar-refractivity contribution in [2.75, 3.05) is 13.2 Å². The Kier molecular flexibility index (Phi) is 8.49. The predicted octanol–water partition coefficient (Wildman–Crippen LogP) is 8.04. The highest BCUT2D eigenvalue weighted by atomic mass is 32.2. The first kappa shape index (κ1) is 26.0. The van der Waals surface area contributed by atoms with Crippen LogP contribution in [0.5, 0.6) is 5.75 Å². The summed E-state index contributed by atoms with van der Waals surface area (Å²) in [6.45, 7) is 16.7. The Morgan fingerprint density at radius 1 is 0.903 bits per heavy atom. The fourth-order valence-corrected chi connectivity index (χ4v) is 7.09. The van der Waals surface area contributed by atoms with Crippen LogP contribution in [-0.4, -0.2) is 18.3 Å². The molecule has 0 radical (unpaired) electrons. The summed E-state index contributed by atoms with van der Waals surface area (Å²) in [5.41, 5.74) is 1.92. The molecular formula is C25H37O4PS. The third-order valence-electron chi connectivity index (χ3n) is 4.93. The highest BCUT2D eigenvalue weighted by Crippen LogP contribution is 2.67. The maximum atomic E-state index is 14.0. The van der Waals surface area contributed by atoms with Gasteiger partial charge in [0.15, 0.2) is 0 Å². The fourth-order valence-electron chi connectivity index (χ4n) is 3.42. The molecule has 1 atom stereocenters. The minimum Gasteiger partial charge on any atom is -0.507 e. The normalized spacial score (nSPS) is 13.9. The molecule has 0 aliphatic heterocycles. The van der Waals surface area contributed by atoms with Crippen LogP contribution < -0.4 is 0 Å². The molecule has 0 bridgehead atoms. The van der Waals surface area contributed by atoms with Crippen LogP contribution in [0, 0.1) is 0 Å². The Hall–Kier alpha value is -1.26. The zero-order chi connectivity index (χ0) is 23.4.